The zero-order valence-corrected chi connectivity index (χ0v) is 21.4. The summed E-state index contributed by atoms with van der Waals surface area (Å²) < 4.78 is 17.0. The Morgan fingerprint density at radius 2 is 2.26 bits per heavy atom. The van der Waals surface area contributed by atoms with Crippen LogP contribution in [0.2, 0.25) is 0 Å². The fourth-order valence-corrected chi connectivity index (χ4v) is 4.40. The van der Waals surface area contributed by atoms with Crippen LogP contribution in [-0.4, -0.2) is 61.7 Å². The van der Waals surface area contributed by atoms with E-state index in [-0.39, 0.29) is 30.9 Å². The van der Waals surface area contributed by atoms with Gasteiger partial charge in [0.05, 0.1) is 32.6 Å². The third-order valence-corrected chi connectivity index (χ3v) is 6.37. The number of aromatic nitrogens is 1. The Morgan fingerprint density at radius 3 is 2.97 bits per heavy atom. The molecular formula is C26H33N3O5S. The molecule has 2 heterocycles. The van der Waals surface area contributed by atoms with Crippen molar-refractivity contribution in [2.24, 2.45) is 0 Å². The van der Waals surface area contributed by atoms with Crippen LogP contribution in [-0.2, 0) is 23.8 Å². The van der Waals surface area contributed by atoms with E-state index in [1.165, 1.54) is 16.2 Å². The molecule has 9 heteroatoms. The molecule has 0 radical (unpaired) electrons. The van der Waals surface area contributed by atoms with Crippen LogP contribution in [0.4, 0.5) is 5.13 Å². The number of ether oxygens (including phenoxy) is 3. The van der Waals surface area contributed by atoms with Gasteiger partial charge >= 0.3 is 0 Å². The second kappa shape index (κ2) is 13.1. The molecule has 2 amide bonds. The summed E-state index contributed by atoms with van der Waals surface area (Å²) in [5.74, 6) is 1.03. The standard InChI is InChI=1S/C26H33N3O5S/c1-5-7-18(2)21-17-35-26(27-21)28-24(30)15-29(3)25(31)11-10-19-8-6-9-22(32-4)23(14-19)34-20-12-13-33-16-20/h5-8,14,17,20H,1,9-13,15-16H2,2-4H3,(H,27,28,30)/b18-7-. The first kappa shape index (κ1) is 26.4. The number of methoxy groups -OCH3 is 1. The summed E-state index contributed by atoms with van der Waals surface area (Å²) in [5, 5.41) is 5.13. The van der Waals surface area contributed by atoms with Gasteiger partial charge in [0.1, 0.15) is 11.9 Å². The predicted octanol–water partition coefficient (Wildman–Crippen LogP) is 4.46. The fourth-order valence-electron chi connectivity index (χ4n) is 3.62. The number of hydrogen-bond acceptors (Lipinski definition) is 7. The number of anilines is 1. The number of thiazole rings is 1. The van der Waals surface area contributed by atoms with Crippen LogP contribution in [0, 0.1) is 0 Å². The summed E-state index contributed by atoms with van der Waals surface area (Å²) in [6, 6.07) is 0. The maximum atomic E-state index is 12.7. The van der Waals surface area contributed by atoms with Crippen molar-refractivity contribution in [3.05, 3.63) is 65.1 Å². The van der Waals surface area contributed by atoms with Gasteiger partial charge < -0.3 is 24.4 Å². The molecule has 0 bridgehead atoms. The van der Waals surface area contributed by atoms with Crippen LogP contribution >= 0.6 is 11.3 Å². The Kier molecular flexibility index (Phi) is 9.86. The summed E-state index contributed by atoms with van der Waals surface area (Å²) in [7, 11) is 3.26. The number of carbonyl (C=O) groups excluding carboxylic acids is 2. The van der Waals surface area contributed by atoms with E-state index in [0.29, 0.717) is 36.9 Å². The molecule has 35 heavy (non-hydrogen) atoms. The van der Waals surface area contributed by atoms with Crippen LogP contribution < -0.4 is 5.32 Å². The zero-order chi connectivity index (χ0) is 25.2. The first-order valence-electron chi connectivity index (χ1n) is 11.6. The topological polar surface area (TPSA) is 90.0 Å². The third kappa shape index (κ3) is 7.93. The zero-order valence-electron chi connectivity index (χ0n) is 20.5. The summed E-state index contributed by atoms with van der Waals surface area (Å²) >= 11 is 1.34. The fraction of sp³-hybridized carbons (Fsp3) is 0.423. The van der Waals surface area contributed by atoms with Gasteiger partial charge in [0.25, 0.3) is 0 Å². The van der Waals surface area contributed by atoms with E-state index in [4.69, 9.17) is 14.2 Å². The van der Waals surface area contributed by atoms with Gasteiger partial charge in [-0.2, -0.15) is 0 Å². The van der Waals surface area contributed by atoms with Crippen molar-refractivity contribution in [1.29, 1.82) is 0 Å². The minimum absolute atomic E-state index is 0.00728. The largest absolute Gasteiger partial charge is 0.497 e. The summed E-state index contributed by atoms with van der Waals surface area (Å²) in [5.41, 5.74) is 2.72. The number of nitrogens with zero attached hydrogens (tertiary/aromatic N) is 2. The summed E-state index contributed by atoms with van der Waals surface area (Å²) in [6.07, 6.45) is 11.7. The number of amides is 2. The second-order valence-corrected chi connectivity index (χ2v) is 9.20. The number of nitrogens with one attached hydrogen (secondary N) is 1. The highest BCUT2D eigenvalue weighted by Gasteiger charge is 2.21. The van der Waals surface area contributed by atoms with Crippen molar-refractivity contribution < 1.29 is 23.8 Å². The van der Waals surface area contributed by atoms with E-state index in [0.717, 1.165) is 29.0 Å². The minimum atomic E-state index is -0.289. The van der Waals surface area contributed by atoms with E-state index >= 15 is 0 Å². The molecular weight excluding hydrogens is 466 g/mol. The average Bonchev–Trinajstić information content (AvgIpc) is 3.47. The van der Waals surface area contributed by atoms with Crippen LogP contribution in [0.5, 0.6) is 0 Å². The van der Waals surface area contributed by atoms with Crippen LogP contribution in [0.15, 0.2) is 59.4 Å². The Hall–Kier alpha value is -3.17. The summed E-state index contributed by atoms with van der Waals surface area (Å²) in [6.45, 7) is 6.82. The lowest BCUT2D eigenvalue weighted by molar-refractivity contribution is -0.133. The van der Waals surface area contributed by atoms with E-state index in [1.54, 1.807) is 20.2 Å². The Morgan fingerprint density at radius 1 is 1.43 bits per heavy atom. The molecule has 1 atom stereocenters. The molecule has 2 aliphatic rings. The highest BCUT2D eigenvalue weighted by Crippen LogP contribution is 2.25. The number of hydrogen-bond donors (Lipinski definition) is 1. The van der Waals surface area contributed by atoms with E-state index in [1.807, 2.05) is 36.6 Å². The van der Waals surface area contributed by atoms with E-state index < -0.39 is 0 Å². The molecule has 0 spiro atoms. The Bertz CT molecular complexity index is 1050. The third-order valence-electron chi connectivity index (χ3n) is 5.61. The average molecular weight is 500 g/mol. The number of carbonyl (C=O) groups is 2. The van der Waals surface area contributed by atoms with E-state index in [9.17, 15) is 9.59 Å². The smallest absolute Gasteiger partial charge is 0.245 e. The molecule has 1 saturated heterocycles. The van der Waals surface area contributed by atoms with E-state index in [2.05, 4.69) is 16.9 Å². The molecule has 1 aliphatic carbocycles. The lowest BCUT2D eigenvalue weighted by Gasteiger charge is -2.17. The van der Waals surface area contributed by atoms with Crippen LogP contribution in [0.1, 0.15) is 38.3 Å². The first-order valence-corrected chi connectivity index (χ1v) is 12.4. The van der Waals surface area contributed by atoms with Crippen molar-refractivity contribution in [3.8, 4) is 0 Å². The van der Waals surface area contributed by atoms with Crippen molar-refractivity contribution in [1.82, 2.24) is 9.88 Å². The molecule has 8 nitrogen and oxygen atoms in total. The lowest BCUT2D eigenvalue weighted by Crippen LogP contribution is -2.34. The maximum absolute atomic E-state index is 12.7. The molecule has 1 N–H and O–H groups in total. The lowest BCUT2D eigenvalue weighted by atomic mass is 10.1. The predicted molar refractivity (Wildman–Crippen MR) is 138 cm³/mol. The molecule has 1 unspecified atom stereocenters. The van der Waals surface area contributed by atoms with Crippen molar-refractivity contribution in [2.45, 2.75) is 38.7 Å². The molecule has 1 aromatic heterocycles. The molecule has 188 valence electrons. The maximum Gasteiger partial charge on any atom is 0.245 e. The van der Waals surface area contributed by atoms with Gasteiger partial charge in [0.15, 0.2) is 10.9 Å². The molecule has 0 aromatic carbocycles. The van der Waals surface area contributed by atoms with Crippen molar-refractivity contribution in [2.75, 3.05) is 39.2 Å². The number of rotatable bonds is 11. The highest BCUT2D eigenvalue weighted by atomic mass is 32.1. The minimum Gasteiger partial charge on any atom is -0.497 e. The van der Waals surface area contributed by atoms with Gasteiger partial charge in [0, 0.05) is 31.7 Å². The van der Waals surface area contributed by atoms with Crippen molar-refractivity contribution in [3.63, 3.8) is 0 Å². The Balaban J connectivity index is 1.52. The first-order chi connectivity index (χ1) is 16.9. The van der Waals surface area contributed by atoms with Gasteiger partial charge in [-0.3, -0.25) is 9.59 Å². The van der Waals surface area contributed by atoms with Gasteiger partial charge in [-0.15, -0.1) is 11.3 Å². The molecule has 1 fully saturated rings. The van der Waals surface area contributed by atoms with Crippen LogP contribution in [0.25, 0.3) is 5.57 Å². The molecule has 1 aliphatic heterocycles. The van der Waals surface area contributed by atoms with Crippen LogP contribution in [0.3, 0.4) is 0 Å². The molecule has 0 saturated carbocycles. The SMILES string of the molecule is C=C/C=C(/C)c1csc(NC(=O)CN(C)C(=O)CCC2=CC(OC3CCOC3)=C(OC)CC=C2)n1. The molecule has 1 aromatic rings. The summed E-state index contributed by atoms with van der Waals surface area (Å²) in [4.78, 5) is 30.9. The molecule has 3 rings (SSSR count). The monoisotopic (exact) mass is 499 g/mol. The van der Waals surface area contributed by atoms with Gasteiger partial charge in [-0.1, -0.05) is 30.9 Å². The van der Waals surface area contributed by atoms with Gasteiger partial charge in [-0.25, -0.2) is 4.98 Å². The highest BCUT2D eigenvalue weighted by molar-refractivity contribution is 7.14. The number of likely N-dealkylation sites (N-methyl/N-ethyl adjacent to an activating group) is 1. The number of allylic oxidation sites excluding steroid dienone is 7. The van der Waals surface area contributed by atoms with Gasteiger partial charge in [0.2, 0.25) is 11.8 Å². The Labute approximate surface area is 210 Å². The van der Waals surface area contributed by atoms with Crippen molar-refractivity contribution >= 4 is 33.9 Å². The van der Waals surface area contributed by atoms with Gasteiger partial charge in [-0.05, 0) is 30.6 Å². The second-order valence-electron chi connectivity index (χ2n) is 8.34. The normalized spacial score (nSPS) is 18.1. The quantitative estimate of drug-likeness (QED) is 0.452.